The Morgan fingerprint density at radius 3 is 2.36 bits per heavy atom. The highest BCUT2D eigenvalue weighted by Gasteiger charge is 2.45. The summed E-state index contributed by atoms with van der Waals surface area (Å²) in [6, 6.07) is 13.4. The molecule has 0 N–H and O–H groups in total. The number of Topliss-reactive ketones (excluding diaryl/α,β-unsaturated/α-hetero) is 2. The third-order valence-corrected chi connectivity index (χ3v) is 4.85. The summed E-state index contributed by atoms with van der Waals surface area (Å²) in [6.07, 6.45) is 0.137. The Kier molecular flexibility index (Phi) is 4.73. The maximum atomic E-state index is 13.1. The topological polar surface area (TPSA) is 54.5 Å². The Morgan fingerprint density at radius 2 is 1.72 bits per heavy atom. The fraction of sp³-hybridized carbons (Fsp3) is 0.250. The number of halogens is 1. The van der Waals surface area contributed by atoms with Crippen LogP contribution in [0, 0.1) is 0 Å². The maximum Gasteiger partial charge on any atom is 0.224 e. The number of rotatable bonds is 4. The summed E-state index contributed by atoms with van der Waals surface area (Å²) in [5.41, 5.74) is 1.80. The molecule has 25 heavy (non-hydrogen) atoms. The van der Waals surface area contributed by atoms with Crippen molar-refractivity contribution in [3.8, 4) is 0 Å². The Labute approximate surface area is 151 Å². The molecule has 1 aliphatic rings. The van der Waals surface area contributed by atoms with Gasteiger partial charge in [0.15, 0.2) is 5.78 Å². The highest BCUT2D eigenvalue weighted by atomic mass is 35.5. The first-order valence-electron chi connectivity index (χ1n) is 8.08. The molecular weight excluding hydrogens is 338 g/mol. The average molecular weight is 356 g/mol. The molecule has 0 saturated carbocycles. The van der Waals surface area contributed by atoms with E-state index in [-0.39, 0.29) is 23.9 Å². The third kappa shape index (κ3) is 3.10. The normalized spacial score (nSPS) is 17.3. The third-order valence-electron chi connectivity index (χ3n) is 4.51. The van der Waals surface area contributed by atoms with Gasteiger partial charge in [0.2, 0.25) is 5.91 Å². The minimum absolute atomic E-state index is 0.0582. The van der Waals surface area contributed by atoms with Crippen LogP contribution in [0.3, 0.4) is 0 Å². The number of benzene rings is 2. The van der Waals surface area contributed by atoms with Crippen molar-refractivity contribution >= 4 is 34.8 Å². The van der Waals surface area contributed by atoms with Crippen molar-refractivity contribution in [2.45, 2.75) is 32.2 Å². The van der Waals surface area contributed by atoms with Gasteiger partial charge in [-0.05, 0) is 30.7 Å². The van der Waals surface area contributed by atoms with Crippen molar-refractivity contribution in [3.05, 3.63) is 64.7 Å². The zero-order chi connectivity index (χ0) is 18.1. The van der Waals surface area contributed by atoms with Gasteiger partial charge in [0.1, 0.15) is 11.8 Å². The molecule has 1 amide bonds. The lowest BCUT2D eigenvalue weighted by molar-refractivity contribution is -0.119. The second-order valence-electron chi connectivity index (χ2n) is 6.25. The van der Waals surface area contributed by atoms with Gasteiger partial charge in [0.05, 0.1) is 5.69 Å². The summed E-state index contributed by atoms with van der Waals surface area (Å²) in [7, 11) is 0. The first kappa shape index (κ1) is 17.4. The smallest absolute Gasteiger partial charge is 0.224 e. The Morgan fingerprint density at radius 1 is 1.08 bits per heavy atom. The molecule has 1 aliphatic heterocycles. The molecule has 5 heteroatoms. The SMILES string of the molecule is CC(=O)C[C@@H](c1ccccc1Cl)[C@@H]1C(=O)c2ccccc2N1C(C)=O. The number of anilines is 1. The summed E-state index contributed by atoms with van der Waals surface area (Å²) in [5.74, 6) is -0.937. The van der Waals surface area contributed by atoms with Crippen molar-refractivity contribution in [3.63, 3.8) is 0 Å². The molecule has 0 fully saturated rings. The lowest BCUT2D eigenvalue weighted by Crippen LogP contribution is -2.43. The molecule has 0 aliphatic carbocycles. The van der Waals surface area contributed by atoms with Crippen molar-refractivity contribution in [1.29, 1.82) is 0 Å². The number of amides is 1. The van der Waals surface area contributed by atoms with E-state index in [1.807, 2.05) is 12.1 Å². The van der Waals surface area contributed by atoms with Gasteiger partial charge in [0.25, 0.3) is 0 Å². The summed E-state index contributed by atoms with van der Waals surface area (Å²) in [4.78, 5) is 38.8. The summed E-state index contributed by atoms with van der Waals surface area (Å²) < 4.78 is 0. The predicted octanol–water partition coefficient (Wildman–Crippen LogP) is 4.02. The molecule has 128 valence electrons. The van der Waals surface area contributed by atoms with E-state index in [9.17, 15) is 14.4 Å². The Balaban J connectivity index is 2.15. The number of hydrogen-bond acceptors (Lipinski definition) is 3. The van der Waals surface area contributed by atoms with E-state index in [1.54, 1.807) is 36.4 Å². The maximum absolute atomic E-state index is 13.1. The van der Waals surface area contributed by atoms with Crippen molar-refractivity contribution in [2.75, 3.05) is 4.90 Å². The van der Waals surface area contributed by atoms with E-state index in [0.717, 1.165) is 0 Å². The molecule has 0 radical (unpaired) electrons. The standard InChI is InChI=1S/C20H18ClNO3/c1-12(23)11-16(14-7-3-5-9-17(14)21)19-20(25)15-8-4-6-10-18(15)22(19)13(2)24/h3-10,16,19H,11H2,1-2H3/t16-,19+/m0/s1. The van der Waals surface area contributed by atoms with Gasteiger partial charge in [0, 0.05) is 29.8 Å². The molecule has 0 unspecified atom stereocenters. The zero-order valence-electron chi connectivity index (χ0n) is 14.0. The van der Waals surface area contributed by atoms with E-state index in [4.69, 9.17) is 11.6 Å². The van der Waals surface area contributed by atoms with Crippen molar-refractivity contribution < 1.29 is 14.4 Å². The number of fused-ring (bicyclic) bond motifs is 1. The number of carbonyl (C=O) groups excluding carboxylic acids is 3. The average Bonchev–Trinajstić information content (AvgIpc) is 2.86. The van der Waals surface area contributed by atoms with Crippen LogP contribution in [0.5, 0.6) is 0 Å². The lowest BCUT2D eigenvalue weighted by atomic mass is 9.84. The summed E-state index contributed by atoms with van der Waals surface area (Å²) in [5, 5.41) is 0.487. The van der Waals surface area contributed by atoms with E-state index in [2.05, 4.69) is 0 Å². The molecule has 2 aromatic rings. The van der Waals surface area contributed by atoms with Crippen LogP contribution in [0.15, 0.2) is 48.5 Å². The molecule has 0 spiro atoms. The van der Waals surface area contributed by atoms with Gasteiger partial charge in [-0.3, -0.25) is 9.59 Å². The molecule has 0 saturated heterocycles. The second-order valence-corrected chi connectivity index (χ2v) is 6.66. The molecule has 0 bridgehead atoms. The van der Waals surface area contributed by atoms with E-state index >= 15 is 0 Å². The van der Waals surface area contributed by atoms with Crippen LogP contribution >= 0.6 is 11.6 Å². The molecule has 0 aromatic heterocycles. The van der Waals surface area contributed by atoms with Gasteiger partial charge in [-0.1, -0.05) is 41.9 Å². The first-order chi connectivity index (χ1) is 11.9. The number of hydrogen-bond donors (Lipinski definition) is 0. The Hall–Kier alpha value is -2.46. The summed E-state index contributed by atoms with van der Waals surface area (Å²) in [6.45, 7) is 2.91. The monoisotopic (exact) mass is 355 g/mol. The van der Waals surface area contributed by atoms with E-state index < -0.39 is 12.0 Å². The minimum Gasteiger partial charge on any atom is -0.300 e. The predicted molar refractivity (Wildman–Crippen MR) is 97.2 cm³/mol. The first-order valence-corrected chi connectivity index (χ1v) is 8.46. The molecule has 1 heterocycles. The molecule has 3 rings (SSSR count). The minimum atomic E-state index is -0.765. The quantitative estimate of drug-likeness (QED) is 0.832. The van der Waals surface area contributed by atoms with Crippen LogP contribution < -0.4 is 4.90 Å². The van der Waals surface area contributed by atoms with Gasteiger partial charge in [-0.2, -0.15) is 0 Å². The van der Waals surface area contributed by atoms with E-state index in [0.29, 0.717) is 21.8 Å². The van der Waals surface area contributed by atoms with Crippen LogP contribution in [-0.2, 0) is 9.59 Å². The molecule has 2 aromatic carbocycles. The van der Waals surface area contributed by atoms with Crippen molar-refractivity contribution in [1.82, 2.24) is 0 Å². The largest absolute Gasteiger partial charge is 0.300 e. The van der Waals surface area contributed by atoms with Gasteiger partial charge in [-0.25, -0.2) is 0 Å². The lowest BCUT2D eigenvalue weighted by Gasteiger charge is -2.30. The van der Waals surface area contributed by atoms with Crippen molar-refractivity contribution in [2.24, 2.45) is 0 Å². The highest BCUT2D eigenvalue weighted by Crippen LogP contribution is 2.41. The van der Waals surface area contributed by atoms with E-state index in [1.165, 1.54) is 18.7 Å². The van der Waals surface area contributed by atoms with Crippen LogP contribution in [0.25, 0.3) is 0 Å². The molecular formula is C20H18ClNO3. The van der Waals surface area contributed by atoms with Gasteiger partial charge >= 0.3 is 0 Å². The fourth-order valence-corrected chi connectivity index (χ4v) is 3.80. The number of ketones is 2. The second kappa shape index (κ2) is 6.81. The number of para-hydroxylation sites is 1. The van der Waals surface area contributed by atoms with Crippen LogP contribution in [0.1, 0.15) is 42.1 Å². The molecule has 2 atom stereocenters. The van der Waals surface area contributed by atoms with Gasteiger partial charge < -0.3 is 9.69 Å². The van der Waals surface area contributed by atoms with Gasteiger partial charge in [-0.15, -0.1) is 0 Å². The molecule has 4 nitrogen and oxygen atoms in total. The Bertz CT molecular complexity index is 862. The summed E-state index contributed by atoms with van der Waals surface area (Å²) >= 11 is 6.34. The number of nitrogens with zero attached hydrogens (tertiary/aromatic N) is 1. The highest BCUT2D eigenvalue weighted by molar-refractivity contribution is 6.31. The van der Waals surface area contributed by atoms with Crippen LogP contribution in [-0.4, -0.2) is 23.5 Å². The zero-order valence-corrected chi connectivity index (χ0v) is 14.8. The van der Waals surface area contributed by atoms with Crippen LogP contribution in [0.4, 0.5) is 5.69 Å². The van der Waals surface area contributed by atoms with Crippen LogP contribution in [0.2, 0.25) is 5.02 Å². The fourth-order valence-electron chi connectivity index (χ4n) is 3.52. The number of carbonyl (C=O) groups is 3.